The third kappa shape index (κ3) is 2.90. The van der Waals surface area contributed by atoms with E-state index in [1.165, 1.54) is 12.2 Å². The molecule has 0 aliphatic carbocycles. The zero-order valence-electron chi connectivity index (χ0n) is 6.52. The Labute approximate surface area is 67.1 Å². The van der Waals surface area contributed by atoms with Crippen LogP contribution in [0.15, 0.2) is 0 Å². The van der Waals surface area contributed by atoms with Crippen molar-refractivity contribution in [2.24, 2.45) is 0 Å². The summed E-state index contributed by atoms with van der Waals surface area (Å²) in [5.41, 5.74) is 0. The molecule has 2 N–H and O–H groups in total. The van der Waals surface area contributed by atoms with Crippen molar-refractivity contribution in [2.75, 3.05) is 31.6 Å². The minimum absolute atomic E-state index is 0.723. The number of hydrogen-bond donors (Lipinski definition) is 2. The highest BCUT2D eigenvalue weighted by molar-refractivity contribution is 7.98. The fourth-order valence-corrected chi connectivity index (χ4v) is 1.70. The smallest absolute Gasteiger partial charge is 0.0200 e. The molecule has 0 amide bonds. The molecule has 1 heterocycles. The van der Waals surface area contributed by atoms with Crippen LogP contribution in [0, 0.1) is 0 Å². The summed E-state index contributed by atoms with van der Waals surface area (Å²) in [6.45, 7) is 3.43. The van der Waals surface area contributed by atoms with Gasteiger partial charge in [-0.05, 0) is 18.4 Å². The SMILES string of the molecule is CSCC[C@@H]1CNCCN1. The van der Waals surface area contributed by atoms with E-state index in [0.717, 1.165) is 25.7 Å². The topological polar surface area (TPSA) is 24.1 Å². The first-order valence-electron chi connectivity index (χ1n) is 3.86. The van der Waals surface area contributed by atoms with Crippen molar-refractivity contribution in [1.29, 1.82) is 0 Å². The quantitative estimate of drug-likeness (QED) is 0.621. The van der Waals surface area contributed by atoms with Crippen molar-refractivity contribution < 1.29 is 0 Å². The molecule has 0 unspecified atom stereocenters. The van der Waals surface area contributed by atoms with E-state index in [-0.39, 0.29) is 0 Å². The summed E-state index contributed by atoms with van der Waals surface area (Å²) >= 11 is 1.93. The molecule has 0 aromatic carbocycles. The minimum atomic E-state index is 0.723. The molecule has 1 aliphatic rings. The first-order chi connectivity index (χ1) is 4.93. The van der Waals surface area contributed by atoms with Crippen LogP contribution in [0.2, 0.25) is 0 Å². The van der Waals surface area contributed by atoms with Crippen LogP contribution < -0.4 is 10.6 Å². The second kappa shape index (κ2) is 4.99. The van der Waals surface area contributed by atoms with Gasteiger partial charge in [0.05, 0.1) is 0 Å². The maximum atomic E-state index is 3.48. The van der Waals surface area contributed by atoms with Gasteiger partial charge in [-0.15, -0.1) is 0 Å². The van der Waals surface area contributed by atoms with Crippen LogP contribution >= 0.6 is 11.8 Å². The van der Waals surface area contributed by atoms with Crippen molar-refractivity contribution in [2.45, 2.75) is 12.5 Å². The van der Waals surface area contributed by atoms with Gasteiger partial charge in [0, 0.05) is 25.7 Å². The van der Waals surface area contributed by atoms with Crippen LogP contribution in [0.3, 0.4) is 0 Å². The average molecular weight is 160 g/mol. The molecule has 0 aromatic rings. The fourth-order valence-electron chi connectivity index (χ4n) is 1.18. The lowest BCUT2D eigenvalue weighted by Crippen LogP contribution is -2.48. The number of nitrogens with one attached hydrogen (secondary N) is 2. The van der Waals surface area contributed by atoms with E-state index in [0.29, 0.717) is 0 Å². The van der Waals surface area contributed by atoms with Gasteiger partial charge in [0.2, 0.25) is 0 Å². The molecule has 3 heteroatoms. The average Bonchev–Trinajstić information content (AvgIpc) is 2.03. The molecule has 0 aromatic heterocycles. The van der Waals surface area contributed by atoms with Crippen LogP contribution in [-0.4, -0.2) is 37.7 Å². The molecule has 1 rings (SSSR count). The highest BCUT2D eigenvalue weighted by Gasteiger charge is 2.09. The van der Waals surface area contributed by atoms with Gasteiger partial charge in [-0.25, -0.2) is 0 Å². The highest BCUT2D eigenvalue weighted by atomic mass is 32.2. The van der Waals surface area contributed by atoms with E-state index in [1.54, 1.807) is 0 Å². The van der Waals surface area contributed by atoms with Gasteiger partial charge in [-0.3, -0.25) is 0 Å². The summed E-state index contributed by atoms with van der Waals surface area (Å²) in [7, 11) is 0. The number of piperazine rings is 1. The molecule has 1 atom stereocenters. The molecule has 0 saturated carbocycles. The molecule has 0 bridgehead atoms. The van der Waals surface area contributed by atoms with Gasteiger partial charge in [0.15, 0.2) is 0 Å². The second-order valence-electron chi connectivity index (χ2n) is 2.64. The first kappa shape index (κ1) is 8.37. The maximum Gasteiger partial charge on any atom is 0.0200 e. The Morgan fingerprint density at radius 2 is 2.40 bits per heavy atom. The zero-order valence-corrected chi connectivity index (χ0v) is 7.34. The van der Waals surface area contributed by atoms with Gasteiger partial charge in [0.25, 0.3) is 0 Å². The third-order valence-electron chi connectivity index (χ3n) is 1.80. The monoisotopic (exact) mass is 160 g/mol. The Hall–Kier alpha value is 0.270. The Morgan fingerprint density at radius 1 is 1.50 bits per heavy atom. The van der Waals surface area contributed by atoms with Crippen molar-refractivity contribution in [3.05, 3.63) is 0 Å². The first-order valence-corrected chi connectivity index (χ1v) is 5.26. The standard InChI is InChI=1S/C7H16N2S/c1-10-5-2-7-6-8-3-4-9-7/h7-9H,2-6H2,1H3/t7-/m1/s1. The molecular formula is C7H16N2S. The lowest BCUT2D eigenvalue weighted by molar-refractivity contribution is 0.412. The Kier molecular flexibility index (Phi) is 4.18. The number of rotatable bonds is 3. The summed E-state index contributed by atoms with van der Waals surface area (Å²) in [5.74, 6) is 1.28. The summed E-state index contributed by atoms with van der Waals surface area (Å²) in [5, 5.41) is 6.85. The van der Waals surface area contributed by atoms with E-state index in [2.05, 4.69) is 16.9 Å². The maximum absolute atomic E-state index is 3.48. The molecule has 1 aliphatic heterocycles. The summed E-state index contributed by atoms with van der Waals surface area (Å²) in [6.07, 6.45) is 3.46. The van der Waals surface area contributed by atoms with E-state index in [4.69, 9.17) is 0 Å². The van der Waals surface area contributed by atoms with Crippen LogP contribution in [0.25, 0.3) is 0 Å². The summed E-state index contributed by atoms with van der Waals surface area (Å²) in [6, 6.07) is 0.723. The molecule has 0 radical (unpaired) electrons. The highest BCUT2D eigenvalue weighted by Crippen LogP contribution is 2.00. The Balaban J connectivity index is 2.02. The van der Waals surface area contributed by atoms with Gasteiger partial charge in [-0.1, -0.05) is 0 Å². The Morgan fingerprint density at radius 3 is 3.00 bits per heavy atom. The summed E-state index contributed by atoms with van der Waals surface area (Å²) in [4.78, 5) is 0. The van der Waals surface area contributed by atoms with E-state index >= 15 is 0 Å². The Bertz CT molecular complexity index is 81.7. The molecule has 2 nitrogen and oxygen atoms in total. The number of thioether (sulfide) groups is 1. The lowest BCUT2D eigenvalue weighted by atomic mass is 10.2. The fraction of sp³-hybridized carbons (Fsp3) is 1.00. The molecule has 1 saturated heterocycles. The molecule has 0 spiro atoms. The van der Waals surface area contributed by atoms with Crippen LogP contribution in [-0.2, 0) is 0 Å². The largest absolute Gasteiger partial charge is 0.314 e. The predicted molar refractivity (Wildman–Crippen MR) is 47.7 cm³/mol. The van der Waals surface area contributed by atoms with Crippen molar-refractivity contribution in [3.63, 3.8) is 0 Å². The zero-order chi connectivity index (χ0) is 7.23. The van der Waals surface area contributed by atoms with Crippen LogP contribution in [0.1, 0.15) is 6.42 Å². The minimum Gasteiger partial charge on any atom is -0.314 e. The number of hydrogen-bond acceptors (Lipinski definition) is 3. The third-order valence-corrected chi connectivity index (χ3v) is 2.44. The van der Waals surface area contributed by atoms with Crippen molar-refractivity contribution in [3.8, 4) is 0 Å². The lowest BCUT2D eigenvalue weighted by Gasteiger charge is -2.23. The van der Waals surface area contributed by atoms with Gasteiger partial charge in [0.1, 0.15) is 0 Å². The van der Waals surface area contributed by atoms with Gasteiger partial charge in [-0.2, -0.15) is 11.8 Å². The van der Waals surface area contributed by atoms with Gasteiger partial charge < -0.3 is 10.6 Å². The molecule has 60 valence electrons. The molecule has 1 fully saturated rings. The van der Waals surface area contributed by atoms with E-state index < -0.39 is 0 Å². The predicted octanol–water partition coefficient (Wildman–Crippen LogP) is 0.301. The van der Waals surface area contributed by atoms with Crippen molar-refractivity contribution >= 4 is 11.8 Å². The second-order valence-corrected chi connectivity index (χ2v) is 3.62. The summed E-state index contributed by atoms with van der Waals surface area (Å²) < 4.78 is 0. The van der Waals surface area contributed by atoms with Gasteiger partial charge >= 0.3 is 0 Å². The molecular weight excluding hydrogens is 144 g/mol. The van der Waals surface area contributed by atoms with E-state index in [9.17, 15) is 0 Å². The normalized spacial score (nSPS) is 26.7. The molecule has 10 heavy (non-hydrogen) atoms. The van der Waals surface area contributed by atoms with Crippen LogP contribution in [0.4, 0.5) is 0 Å². The van der Waals surface area contributed by atoms with Crippen molar-refractivity contribution in [1.82, 2.24) is 10.6 Å². The van der Waals surface area contributed by atoms with E-state index in [1.807, 2.05) is 11.8 Å². The van der Waals surface area contributed by atoms with Crippen LogP contribution in [0.5, 0.6) is 0 Å².